The van der Waals surface area contributed by atoms with Crippen molar-refractivity contribution in [1.82, 2.24) is 0 Å². The lowest BCUT2D eigenvalue weighted by Crippen LogP contribution is -2.34. The predicted molar refractivity (Wildman–Crippen MR) is 56.6 cm³/mol. The molecule has 3 nitrogen and oxygen atoms in total. The second-order valence-corrected chi connectivity index (χ2v) is 4.29. The SMILES string of the molecule is COc1cc(CC(C)(C)N)cc(F)c1O. The Bertz CT molecular complexity index is 358. The summed E-state index contributed by atoms with van der Waals surface area (Å²) in [6.45, 7) is 3.70. The molecule has 1 aromatic carbocycles. The monoisotopic (exact) mass is 213 g/mol. The van der Waals surface area contributed by atoms with E-state index in [1.54, 1.807) is 6.07 Å². The predicted octanol–water partition coefficient (Wildman–Crippen LogP) is 1.82. The first-order valence-corrected chi connectivity index (χ1v) is 4.68. The van der Waals surface area contributed by atoms with Gasteiger partial charge in [0, 0.05) is 5.54 Å². The van der Waals surface area contributed by atoms with Crippen LogP contribution in [-0.4, -0.2) is 17.8 Å². The van der Waals surface area contributed by atoms with Crippen LogP contribution in [0.2, 0.25) is 0 Å². The van der Waals surface area contributed by atoms with E-state index in [2.05, 4.69) is 0 Å². The number of halogens is 1. The van der Waals surface area contributed by atoms with Gasteiger partial charge in [0.2, 0.25) is 0 Å². The van der Waals surface area contributed by atoms with Crippen LogP contribution in [0.15, 0.2) is 12.1 Å². The van der Waals surface area contributed by atoms with Gasteiger partial charge in [-0.2, -0.15) is 0 Å². The van der Waals surface area contributed by atoms with E-state index in [-0.39, 0.29) is 5.75 Å². The molecule has 0 saturated heterocycles. The fourth-order valence-corrected chi connectivity index (χ4v) is 1.41. The molecule has 0 aliphatic rings. The van der Waals surface area contributed by atoms with Gasteiger partial charge in [-0.15, -0.1) is 0 Å². The Morgan fingerprint density at radius 3 is 2.53 bits per heavy atom. The molecule has 0 aromatic heterocycles. The number of rotatable bonds is 3. The Kier molecular flexibility index (Phi) is 3.19. The van der Waals surface area contributed by atoms with Gasteiger partial charge in [-0.05, 0) is 38.0 Å². The van der Waals surface area contributed by atoms with E-state index in [1.165, 1.54) is 13.2 Å². The van der Waals surface area contributed by atoms with Crippen LogP contribution in [0.4, 0.5) is 4.39 Å². The molecule has 0 radical (unpaired) electrons. The van der Waals surface area contributed by atoms with Gasteiger partial charge in [0.05, 0.1) is 7.11 Å². The summed E-state index contributed by atoms with van der Waals surface area (Å²) in [5, 5.41) is 9.29. The van der Waals surface area contributed by atoms with E-state index in [0.29, 0.717) is 12.0 Å². The van der Waals surface area contributed by atoms with E-state index in [1.807, 2.05) is 13.8 Å². The van der Waals surface area contributed by atoms with Crippen LogP contribution in [-0.2, 0) is 6.42 Å². The number of hydrogen-bond donors (Lipinski definition) is 2. The van der Waals surface area contributed by atoms with Gasteiger partial charge in [0.1, 0.15) is 0 Å². The molecule has 0 bridgehead atoms. The molecular weight excluding hydrogens is 197 g/mol. The molecule has 0 atom stereocenters. The third-order valence-corrected chi connectivity index (χ3v) is 1.97. The maximum absolute atomic E-state index is 13.2. The molecule has 0 fully saturated rings. The van der Waals surface area contributed by atoms with Gasteiger partial charge in [-0.1, -0.05) is 0 Å². The van der Waals surface area contributed by atoms with Crippen LogP contribution < -0.4 is 10.5 Å². The number of hydrogen-bond acceptors (Lipinski definition) is 3. The maximum Gasteiger partial charge on any atom is 0.194 e. The van der Waals surface area contributed by atoms with Crippen LogP contribution in [0.3, 0.4) is 0 Å². The van der Waals surface area contributed by atoms with Gasteiger partial charge < -0.3 is 15.6 Å². The zero-order chi connectivity index (χ0) is 11.6. The number of nitrogens with two attached hydrogens (primary N) is 1. The maximum atomic E-state index is 13.2. The lowest BCUT2D eigenvalue weighted by Gasteiger charge is -2.19. The number of phenols is 1. The van der Waals surface area contributed by atoms with Crippen LogP contribution in [0, 0.1) is 5.82 Å². The smallest absolute Gasteiger partial charge is 0.194 e. The van der Waals surface area contributed by atoms with Crippen molar-refractivity contribution in [2.24, 2.45) is 5.73 Å². The molecule has 3 N–H and O–H groups in total. The molecule has 84 valence electrons. The van der Waals surface area contributed by atoms with Gasteiger partial charge in [-0.25, -0.2) is 4.39 Å². The Morgan fingerprint density at radius 2 is 2.07 bits per heavy atom. The average Bonchev–Trinajstić information content (AvgIpc) is 2.08. The van der Waals surface area contributed by atoms with Crippen molar-refractivity contribution in [2.75, 3.05) is 7.11 Å². The summed E-state index contributed by atoms with van der Waals surface area (Å²) in [5.41, 5.74) is 6.10. The summed E-state index contributed by atoms with van der Waals surface area (Å²) < 4.78 is 18.1. The van der Waals surface area contributed by atoms with E-state index in [0.717, 1.165) is 0 Å². The van der Waals surface area contributed by atoms with E-state index >= 15 is 0 Å². The molecule has 1 aromatic rings. The van der Waals surface area contributed by atoms with Crippen molar-refractivity contribution < 1.29 is 14.2 Å². The topological polar surface area (TPSA) is 55.5 Å². The van der Waals surface area contributed by atoms with E-state index in [4.69, 9.17) is 10.5 Å². The summed E-state index contributed by atoms with van der Waals surface area (Å²) in [6.07, 6.45) is 0.514. The van der Waals surface area contributed by atoms with Crippen molar-refractivity contribution >= 4 is 0 Å². The van der Waals surface area contributed by atoms with Gasteiger partial charge in [-0.3, -0.25) is 0 Å². The Morgan fingerprint density at radius 1 is 1.47 bits per heavy atom. The molecule has 0 spiro atoms. The lowest BCUT2D eigenvalue weighted by molar-refractivity contribution is 0.355. The Labute approximate surface area is 88.7 Å². The quantitative estimate of drug-likeness (QED) is 0.805. The largest absolute Gasteiger partial charge is 0.502 e. The molecule has 0 unspecified atom stereocenters. The van der Waals surface area contributed by atoms with Gasteiger partial charge in [0.15, 0.2) is 17.3 Å². The second kappa shape index (κ2) is 4.06. The number of aromatic hydroxyl groups is 1. The summed E-state index contributed by atoms with van der Waals surface area (Å²) in [5.74, 6) is -1.01. The lowest BCUT2D eigenvalue weighted by atomic mass is 9.96. The van der Waals surface area contributed by atoms with Crippen molar-refractivity contribution in [1.29, 1.82) is 0 Å². The fourth-order valence-electron chi connectivity index (χ4n) is 1.41. The minimum atomic E-state index is -0.686. The molecule has 15 heavy (non-hydrogen) atoms. The molecule has 1 rings (SSSR count). The summed E-state index contributed by atoms with van der Waals surface area (Å²) >= 11 is 0. The molecule has 4 heteroatoms. The Balaban J connectivity index is 3.06. The zero-order valence-electron chi connectivity index (χ0n) is 9.17. The number of ether oxygens (including phenoxy) is 1. The highest BCUT2D eigenvalue weighted by Gasteiger charge is 2.16. The first kappa shape index (κ1) is 11.8. The van der Waals surface area contributed by atoms with Crippen molar-refractivity contribution in [3.05, 3.63) is 23.5 Å². The molecule has 0 saturated carbocycles. The summed E-state index contributed by atoms with van der Waals surface area (Å²) in [4.78, 5) is 0. The van der Waals surface area contributed by atoms with E-state index in [9.17, 15) is 9.50 Å². The minimum absolute atomic E-state index is 0.134. The highest BCUT2D eigenvalue weighted by molar-refractivity contribution is 5.43. The second-order valence-electron chi connectivity index (χ2n) is 4.29. The van der Waals surface area contributed by atoms with Crippen molar-refractivity contribution in [3.8, 4) is 11.5 Å². The third kappa shape index (κ3) is 3.09. The fraction of sp³-hybridized carbons (Fsp3) is 0.455. The Hall–Kier alpha value is -1.29. The summed E-state index contributed by atoms with van der Waals surface area (Å²) in [6, 6.07) is 2.86. The van der Waals surface area contributed by atoms with Crippen LogP contribution in [0.25, 0.3) is 0 Å². The number of phenolic OH excluding ortho intramolecular Hbond substituents is 1. The normalized spacial score (nSPS) is 11.5. The third-order valence-electron chi connectivity index (χ3n) is 1.97. The molecule has 0 aliphatic carbocycles. The molecular formula is C11H16FNO2. The number of methoxy groups -OCH3 is 1. The highest BCUT2D eigenvalue weighted by Crippen LogP contribution is 2.30. The van der Waals surface area contributed by atoms with Crippen LogP contribution >= 0.6 is 0 Å². The van der Waals surface area contributed by atoms with Crippen molar-refractivity contribution in [3.63, 3.8) is 0 Å². The van der Waals surface area contributed by atoms with Crippen LogP contribution in [0.1, 0.15) is 19.4 Å². The minimum Gasteiger partial charge on any atom is -0.502 e. The molecule has 0 amide bonds. The standard InChI is InChI=1S/C11H16FNO2/c1-11(2,13)6-7-4-8(12)10(14)9(5-7)15-3/h4-5,14H,6,13H2,1-3H3. The zero-order valence-corrected chi connectivity index (χ0v) is 9.17. The van der Waals surface area contributed by atoms with Gasteiger partial charge >= 0.3 is 0 Å². The van der Waals surface area contributed by atoms with E-state index < -0.39 is 17.1 Å². The molecule has 0 aliphatic heterocycles. The first-order valence-electron chi connectivity index (χ1n) is 4.68. The van der Waals surface area contributed by atoms with Gasteiger partial charge in [0.25, 0.3) is 0 Å². The van der Waals surface area contributed by atoms with Crippen LogP contribution in [0.5, 0.6) is 11.5 Å². The highest BCUT2D eigenvalue weighted by atomic mass is 19.1. The molecule has 0 heterocycles. The first-order chi connectivity index (χ1) is 6.83. The number of benzene rings is 1. The average molecular weight is 213 g/mol. The van der Waals surface area contributed by atoms with Crippen molar-refractivity contribution in [2.45, 2.75) is 25.8 Å². The summed E-state index contributed by atoms with van der Waals surface area (Å²) in [7, 11) is 1.38.